The van der Waals surface area contributed by atoms with Gasteiger partial charge in [0, 0.05) is 30.1 Å². The molecular formula is C45H54N8O8. The third kappa shape index (κ3) is 7.62. The van der Waals surface area contributed by atoms with E-state index in [1.165, 1.54) is 14.2 Å². The van der Waals surface area contributed by atoms with Crippen molar-refractivity contribution >= 4 is 45.8 Å². The summed E-state index contributed by atoms with van der Waals surface area (Å²) in [6.45, 7) is 9.94. The van der Waals surface area contributed by atoms with Crippen molar-refractivity contribution in [1.29, 1.82) is 0 Å². The third-order valence-corrected chi connectivity index (χ3v) is 13.1. The summed E-state index contributed by atoms with van der Waals surface area (Å²) >= 11 is 0. The zero-order valence-electron chi connectivity index (χ0n) is 35.6. The van der Waals surface area contributed by atoms with E-state index in [-0.39, 0.29) is 41.9 Å². The molecule has 16 nitrogen and oxygen atoms in total. The van der Waals surface area contributed by atoms with Crippen LogP contribution in [0.3, 0.4) is 0 Å². The Labute approximate surface area is 353 Å². The van der Waals surface area contributed by atoms with Crippen molar-refractivity contribution in [3.05, 3.63) is 65.9 Å². The van der Waals surface area contributed by atoms with Crippen LogP contribution < -0.4 is 15.4 Å². The molecule has 0 radical (unpaired) electrons. The fourth-order valence-corrected chi connectivity index (χ4v) is 9.38. The summed E-state index contributed by atoms with van der Waals surface area (Å²) in [7, 11) is 2.76. The summed E-state index contributed by atoms with van der Waals surface area (Å²) in [5.74, 6) is 1.45. The molecule has 16 heteroatoms. The van der Waals surface area contributed by atoms with Crippen molar-refractivity contribution < 1.29 is 38.5 Å². The number of rotatable bonds is 11. The Morgan fingerprint density at radius 1 is 0.885 bits per heavy atom. The fourth-order valence-electron chi connectivity index (χ4n) is 9.38. The molecule has 0 spiro atoms. The topological polar surface area (TPSA) is 204 Å². The number of carbonyl (C=O) groups is 4. The average molecular weight is 835 g/mol. The Kier molecular flexibility index (Phi) is 11.4. The van der Waals surface area contributed by atoms with Gasteiger partial charge < -0.3 is 49.7 Å². The molecule has 5 N–H and O–H groups in total. The molecule has 2 saturated heterocycles. The van der Waals surface area contributed by atoms with Crippen molar-refractivity contribution in [2.75, 3.05) is 14.2 Å². The van der Waals surface area contributed by atoms with E-state index in [9.17, 15) is 24.3 Å². The predicted octanol–water partition coefficient (Wildman–Crippen LogP) is 7.21. The number of carboxylic acid groups (broad SMARTS) is 1. The zero-order chi connectivity index (χ0) is 43.3. The number of hydrogen-bond donors (Lipinski definition) is 5. The number of methoxy groups -OCH3 is 2. The smallest absolute Gasteiger partial charge is 0.407 e. The number of amides is 4. The Morgan fingerprint density at radius 2 is 1.59 bits per heavy atom. The maximum atomic E-state index is 14.0. The van der Waals surface area contributed by atoms with E-state index in [1.807, 2.05) is 33.8 Å². The minimum Gasteiger partial charge on any atom is -0.488 e. The summed E-state index contributed by atoms with van der Waals surface area (Å²) in [5, 5.41) is 16.6. The van der Waals surface area contributed by atoms with Crippen LogP contribution in [0.15, 0.2) is 48.7 Å². The highest BCUT2D eigenvalue weighted by Gasteiger charge is 2.43. The lowest BCUT2D eigenvalue weighted by atomic mass is 9.92. The van der Waals surface area contributed by atoms with Gasteiger partial charge in [0.25, 0.3) is 0 Å². The van der Waals surface area contributed by atoms with E-state index in [2.05, 4.69) is 57.0 Å². The van der Waals surface area contributed by atoms with Crippen LogP contribution in [0.25, 0.3) is 44.2 Å². The number of alkyl carbamates (subject to hydrolysis) is 1. The number of aromatic amines is 2. The van der Waals surface area contributed by atoms with Gasteiger partial charge in [-0.1, -0.05) is 38.5 Å². The molecule has 5 aromatic rings. The number of imidazole rings is 2. The van der Waals surface area contributed by atoms with Crippen LogP contribution in [0, 0.1) is 5.92 Å². The molecule has 322 valence electrons. The first-order valence-electron chi connectivity index (χ1n) is 21.1. The monoisotopic (exact) mass is 834 g/mol. The van der Waals surface area contributed by atoms with Crippen LogP contribution in [-0.4, -0.2) is 103 Å². The van der Waals surface area contributed by atoms with Crippen LogP contribution in [0.4, 0.5) is 9.59 Å². The highest BCUT2D eigenvalue weighted by Crippen LogP contribution is 2.44. The SMILES string of the molecule is CC[C@H](C)[C@H](NC(=O)O)C(=O)N1[C@@H](C)CC[C@H]1c1ncc(-c2ccc3c(c2)COc2cc4c(ccc5nc([C@@H]6CC[C@H](C)N6C(=O)[C@@H](NC(=O)OC)[C@@H](C)OC)[nH]c54)cc2-3)[nH]1. The van der Waals surface area contributed by atoms with E-state index in [4.69, 9.17) is 24.2 Å². The van der Waals surface area contributed by atoms with Gasteiger partial charge in [0.05, 0.1) is 48.2 Å². The summed E-state index contributed by atoms with van der Waals surface area (Å²) in [4.78, 5) is 72.1. The molecule has 3 aliphatic rings. The van der Waals surface area contributed by atoms with Gasteiger partial charge >= 0.3 is 12.2 Å². The van der Waals surface area contributed by atoms with Crippen molar-refractivity contribution in [3.8, 4) is 28.1 Å². The lowest BCUT2D eigenvalue weighted by Gasteiger charge is -2.33. The van der Waals surface area contributed by atoms with Gasteiger partial charge in [-0.15, -0.1) is 0 Å². The molecule has 0 bridgehead atoms. The van der Waals surface area contributed by atoms with Gasteiger partial charge in [-0.3, -0.25) is 9.59 Å². The van der Waals surface area contributed by atoms with Crippen LogP contribution in [0.2, 0.25) is 0 Å². The molecule has 0 unspecified atom stereocenters. The van der Waals surface area contributed by atoms with Gasteiger partial charge in [0.2, 0.25) is 11.8 Å². The predicted molar refractivity (Wildman–Crippen MR) is 228 cm³/mol. The van der Waals surface area contributed by atoms with Gasteiger partial charge in [0.15, 0.2) is 0 Å². The van der Waals surface area contributed by atoms with Gasteiger partial charge in [0.1, 0.15) is 36.1 Å². The number of aromatic nitrogens is 4. The van der Waals surface area contributed by atoms with Gasteiger partial charge in [-0.05, 0) is 98.7 Å². The summed E-state index contributed by atoms with van der Waals surface area (Å²) in [6.07, 6.45) is 2.93. The lowest BCUT2D eigenvalue weighted by molar-refractivity contribution is -0.139. The molecule has 8 rings (SSSR count). The highest BCUT2D eigenvalue weighted by atomic mass is 16.5. The van der Waals surface area contributed by atoms with E-state index in [0.717, 1.165) is 74.8 Å². The molecule has 2 fully saturated rings. The zero-order valence-corrected chi connectivity index (χ0v) is 35.6. The molecule has 0 saturated carbocycles. The molecule has 61 heavy (non-hydrogen) atoms. The minimum atomic E-state index is -1.21. The van der Waals surface area contributed by atoms with Gasteiger partial charge in [-0.25, -0.2) is 19.6 Å². The number of nitrogens with zero attached hydrogens (tertiary/aromatic N) is 4. The number of carbonyl (C=O) groups excluding carboxylic acids is 3. The molecule has 2 aromatic heterocycles. The standard InChI is InChI=1S/C45H54N8O8/c1-8-22(2)37(50-44(56)57)42(54)52-23(3)9-15-34(52)40-46-20-33(48-40)27-11-13-29-28(17-27)21-61-36-19-30-26(18-31(29)36)12-14-32-39(30)49-41(47-32)35-16-10-24(4)53(35)43(55)38(25(5)59-6)51-45(58)60-7/h11-14,17-20,22-25,34-35,37-38,50H,8-10,15-16,21H2,1-7H3,(H,46,48)(H,47,49)(H,51,58)(H,56,57)/t22-,23-,24-,25+,34-,35-,37-,38-/m0/s1. The fraction of sp³-hybridized carbons (Fsp3) is 0.467. The second-order valence-electron chi connectivity index (χ2n) is 16.7. The molecule has 0 aliphatic carbocycles. The Balaban J connectivity index is 1.05. The number of likely N-dealkylation sites (tertiary alicyclic amines) is 2. The van der Waals surface area contributed by atoms with Crippen LogP contribution >= 0.6 is 0 Å². The van der Waals surface area contributed by atoms with Crippen LogP contribution in [0.1, 0.15) is 96.0 Å². The number of ether oxygens (including phenoxy) is 3. The number of hydrogen-bond acceptors (Lipinski definition) is 9. The largest absolute Gasteiger partial charge is 0.488 e. The lowest BCUT2D eigenvalue weighted by Crippen LogP contribution is -2.55. The normalized spacial score (nSPS) is 21.6. The minimum absolute atomic E-state index is 0.0599. The van der Waals surface area contributed by atoms with Crippen molar-refractivity contribution in [3.63, 3.8) is 0 Å². The van der Waals surface area contributed by atoms with E-state index in [0.29, 0.717) is 31.1 Å². The Hall–Kier alpha value is -6.16. The van der Waals surface area contributed by atoms with E-state index >= 15 is 0 Å². The number of nitrogens with one attached hydrogen (secondary N) is 4. The second kappa shape index (κ2) is 16.7. The van der Waals surface area contributed by atoms with E-state index < -0.39 is 30.4 Å². The second-order valence-corrected chi connectivity index (χ2v) is 16.7. The molecule has 5 heterocycles. The average Bonchev–Trinajstić information content (AvgIpc) is 4.08. The van der Waals surface area contributed by atoms with Crippen molar-refractivity contribution in [1.82, 2.24) is 40.4 Å². The third-order valence-electron chi connectivity index (χ3n) is 13.1. The number of fused-ring (bicyclic) bond motifs is 6. The highest BCUT2D eigenvalue weighted by molar-refractivity contribution is 6.07. The quantitative estimate of drug-likeness (QED) is 0.0905. The molecule has 4 amide bonds. The molecule has 3 aliphatic heterocycles. The molecule has 3 aromatic carbocycles. The van der Waals surface area contributed by atoms with Crippen LogP contribution in [-0.2, 0) is 25.7 Å². The van der Waals surface area contributed by atoms with Gasteiger partial charge in [-0.2, -0.15) is 0 Å². The van der Waals surface area contributed by atoms with Crippen molar-refractivity contribution in [2.45, 2.75) is 116 Å². The first-order valence-corrected chi connectivity index (χ1v) is 21.1. The summed E-state index contributed by atoms with van der Waals surface area (Å²) in [5.41, 5.74) is 6.43. The number of benzene rings is 3. The first kappa shape index (κ1) is 41.6. The first-order chi connectivity index (χ1) is 29.3. The summed E-state index contributed by atoms with van der Waals surface area (Å²) < 4.78 is 16.7. The molecular weight excluding hydrogens is 781 g/mol. The molecule has 8 atom stereocenters. The number of H-pyrrole nitrogens is 2. The maximum Gasteiger partial charge on any atom is 0.407 e. The Morgan fingerprint density at radius 3 is 2.26 bits per heavy atom. The van der Waals surface area contributed by atoms with Crippen LogP contribution in [0.5, 0.6) is 5.75 Å². The maximum absolute atomic E-state index is 14.0. The summed E-state index contributed by atoms with van der Waals surface area (Å²) in [6, 6.07) is 11.9. The van der Waals surface area contributed by atoms with E-state index in [1.54, 1.807) is 22.9 Å². The van der Waals surface area contributed by atoms with Crippen molar-refractivity contribution in [2.24, 2.45) is 5.92 Å². The Bertz CT molecular complexity index is 2500.